The molecule has 0 spiro atoms. The van der Waals surface area contributed by atoms with Gasteiger partial charge in [-0.25, -0.2) is 4.79 Å². The Morgan fingerprint density at radius 2 is 1.56 bits per heavy atom. The van der Waals surface area contributed by atoms with Crippen LogP contribution in [-0.2, 0) is 10.2 Å². The van der Waals surface area contributed by atoms with Gasteiger partial charge in [-0.1, -0.05) is 78.8 Å². The van der Waals surface area contributed by atoms with Gasteiger partial charge in [-0.15, -0.1) is 0 Å². The molecule has 1 saturated heterocycles. The van der Waals surface area contributed by atoms with Crippen molar-refractivity contribution in [3.05, 3.63) is 53.6 Å². The van der Waals surface area contributed by atoms with Crippen LogP contribution in [0.3, 0.4) is 0 Å². The van der Waals surface area contributed by atoms with Crippen molar-refractivity contribution in [1.29, 1.82) is 0 Å². The van der Waals surface area contributed by atoms with Gasteiger partial charge in [-0.2, -0.15) is 17.0 Å². The Labute approximate surface area is 333 Å². The molecule has 1 aromatic carbocycles. The fourth-order valence-electron chi connectivity index (χ4n) is 14.7. The molecule has 1 aliphatic heterocycles. The van der Waals surface area contributed by atoms with E-state index in [0.717, 1.165) is 32.6 Å². The van der Waals surface area contributed by atoms with Crippen LogP contribution in [-0.4, -0.2) is 90.9 Å². The molecule has 306 valence electrons. The molecule has 0 bridgehead atoms. The number of aromatic carboxylic acids is 1. The summed E-state index contributed by atoms with van der Waals surface area (Å²) in [4.78, 5) is 14.1. The zero-order chi connectivity index (χ0) is 39.8. The molecular formula is C46H72N4O4S. The summed E-state index contributed by atoms with van der Waals surface area (Å²) < 4.78 is 29.5. The van der Waals surface area contributed by atoms with Crippen LogP contribution >= 0.6 is 0 Å². The summed E-state index contributed by atoms with van der Waals surface area (Å²) in [5.41, 5.74) is 5.20. The van der Waals surface area contributed by atoms with E-state index in [1.807, 2.05) is 26.0 Å². The normalized spacial score (nSPS) is 39.1. The number of allylic oxidation sites excluding steroid dienone is 3. The maximum absolute atomic E-state index is 13.1. The molecule has 9 heteroatoms. The van der Waals surface area contributed by atoms with Crippen molar-refractivity contribution in [3.63, 3.8) is 0 Å². The summed E-state index contributed by atoms with van der Waals surface area (Å²) in [5.74, 6) is 2.21. The number of nitrogens with zero attached hydrogens (tertiary/aromatic N) is 3. The Bertz CT molecular complexity index is 1760. The molecule has 8 nitrogen and oxygen atoms in total. The lowest BCUT2D eigenvalue weighted by atomic mass is 9.33. The molecule has 55 heavy (non-hydrogen) atoms. The minimum Gasteiger partial charge on any atom is -0.478 e. The van der Waals surface area contributed by atoms with Crippen molar-refractivity contribution >= 4 is 21.8 Å². The minimum absolute atomic E-state index is 0.00518. The summed E-state index contributed by atoms with van der Waals surface area (Å²) in [6.07, 6.45) is 13.7. The van der Waals surface area contributed by atoms with Gasteiger partial charge in [0.05, 0.1) is 5.56 Å². The second-order valence-corrected chi connectivity index (χ2v) is 22.0. The molecule has 2 N–H and O–H groups in total. The predicted molar refractivity (Wildman–Crippen MR) is 224 cm³/mol. The highest BCUT2D eigenvalue weighted by atomic mass is 32.2. The highest BCUT2D eigenvalue weighted by Crippen LogP contribution is 2.76. The Morgan fingerprint density at radius 3 is 2.18 bits per heavy atom. The smallest absolute Gasteiger partial charge is 0.335 e. The molecule has 5 aliphatic carbocycles. The third-order valence-corrected chi connectivity index (χ3v) is 19.9. The first-order chi connectivity index (χ1) is 25.9. The first kappa shape index (κ1) is 41.1. The van der Waals surface area contributed by atoms with Gasteiger partial charge in [-0.05, 0) is 139 Å². The van der Waals surface area contributed by atoms with E-state index in [0.29, 0.717) is 61.3 Å². The zero-order valence-corrected chi connectivity index (χ0v) is 36.2. The number of piperazine rings is 1. The average Bonchev–Trinajstić information content (AvgIpc) is 3.52. The molecule has 9 atom stereocenters. The Morgan fingerprint density at radius 1 is 0.891 bits per heavy atom. The number of carboxylic acids is 1. The molecule has 1 heterocycles. The van der Waals surface area contributed by atoms with Crippen LogP contribution in [0.15, 0.2) is 42.5 Å². The average molecular weight is 777 g/mol. The fraction of sp³-hybridized carbons (Fsp3) is 0.761. The number of hydrogen-bond donors (Lipinski definition) is 2. The molecular weight excluding hydrogens is 705 g/mol. The number of carboxylic acid groups (broad SMARTS) is 1. The van der Waals surface area contributed by atoms with Gasteiger partial charge in [0.2, 0.25) is 0 Å². The number of fused-ring (bicyclic) bond motifs is 7. The molecule has 0 amide bonds. The Balaban J connectivity index is 1.08. The van der Waals surface area contributed by atoms with E-state index in [4.69, 9.17) is 0 Å². The van der Waals surface area contributed by atoms with Gasteiger partial charge in [0.25, 0.3) is 10.2 Å². The lowest BCUT2D eigenvalue weighted by Crippen LogP contribution is -2.68. The van der Waals surface area contributed by atoms with Crippen molar-refractivity contribution in [3.8, 4) is 0 Å². The number of benzene rings is 1. The van der Waals surface area contributed by atoms with Gasteiger partial charge in [0, 0.05) is 57.9 Å². The van der Waals surface area contributed by atoms with Crippen molar-refractivity contribution in [2.24, 2.45) is 51.2 Å². The van der Waals surface area contributed by atoms with Gasteiger partial charge >= 0.3 is 5.97 Å². The Kier molecular flexibility index (Phi) is 11.0. The van der Waals surface area contributed by atoms with Crippen LogP contribution in [0, 0.1) is 51.2 Å². The number of hydrogen-bond acceptors (Lipinski definition) is 5. The fourth-order valence-corrected chi connectivity index (χ4v) is 16.3. The van der Waals surface area contributed by atoms with Crippen molar-refractivity contribution in [1.82, 2.24) is 18.8 Å². The van der Waals surface area contributed by atoms with Gasteiger partial charge in [-0.3, -0.25) is 4.90 Å². The predicted octanol–water partition coefficient (Wildman–Crippen LogP) is 8.58. The third kappa shape index (κ3) is 6.44. The highest BCUT2D eigenvalue weighted by molar-refractivity contribution is 7.86. The monoisotopic (exact) mass is 777 g/mol. The molecule has 5 fully saturated rings. The number of carbonyl (C=O) groups is 1. The number of nitrogens with one attached hydrogen (secondary N) is 1. The quantitative estimate of drug-likeness (QED) is 0.219. The lowest BCUT2D eigenvalue weighted by molar-refractivity contribution is -0.219. The second kappa shape index (κ2) is 14.7. The standard InChI is InChI=1S/C46H72N4O4S/c1-10-49(11-2)55(53,54)50-30-28-48(29-31-50)27-26-47-46-23-18-35(32(3)4)40(46)37-16-17-39-43(7)21-19-36(33-12-14-34(15-13-33)41(51)52)42(5,6)38(43)20-22-45(39,9)44(37,8)24-25-46/h12-15,19,35,37-40,47H,3,10-11,16-18,20-31H2,1-2,4-9H3,(H,51,52)/t35-,37+,38-,39+,40+,43-,44+,45+,46-/m0/s1. The zero-order valence-electron chi connectivity index (χ0n) is 35.4. The maximum Gasteiger partial charge on any atom is 0.335 e. The molecule has 6 aliphatic rings. The van der Waals surface area contributed by atoms with Crippen molar-refractivity contribution < 1.29 is 18.3 Å². The van der Waals surface area contributed by atoms with Crippen molar-refractivity contribution in [2.75, 3.05) is 52.4 Å². The van der Waals surface area contributed by atoms with E-state index in [2.05, 4.69) is 64.4 Å². The van der Waals surface area contributed by atoms with Crippen LogP contribution in [0.25, 0.3) is 5.57 Å². The summed E-state index contributed by atoms with van der Waals surface area (Å²) in [6, 6.07) is 7.60. The lowest BCUT2D eigenvalue weighted by Gasteiger charge is -2.72. The van der Waals surface area contributed by atoms with E-state index in [-0.39, 0.29) is 27.2 Å². The van der Waals surface area contributed by atoms with E-state index in [1.165, 1.54) is 68.1 Å². The van der Waals surface area contributed by atoms with Gasteiger partial charge in [0.1, 0.15) is 0 Å². The van der Waals surface area contributed by atoms with E-state index in [9.17, 15) is 18.3 Å². The van der Waals surface area contributed by atoms with Gasteiger partial charge in [0.15, 0.2) is 0 Å². The molecule has 0 unspecified atom stereocenters. The van der Waals surface area contributed by atoms with Gasteiger partial charge < -0.3 is 10.4 Å². The summed E-state index contributed by atoms with van der Waals surface area (Å²) in [7, 11) is -3.38. The summed E-state index contributed by atoms with van der Waals surface area (Å²) in [5, 5.41) is 13.8. The first-order valence-corrected chi connectivity index (χ1v) is 23.2. The maximum atomic E-state index is 13.1. The Hall–Kier alpha value is -2.04. The van der Waals surface area contributed by atoms with Crippen LogP contribution < -0.4 is 5.32 Å². The minimum atomic E-state index is -3.38. The summed E-state index contributed by atoms with van der Waals surface area (Å²) in [6.45, 7) is 29.4. The highest BCUT2D eigenvalue weighted by Gasteiger charge is 2.70. The summed E-state index contributed by atoms with van der Waals surface area (Å²) >= 11 is 0. The number of rotatable bonds is 11. The first-order valence-electron chi connectivity index (χ1n) is 21.8. The van der Waals surface area contributed by atoms with Crippen LogP contribution in [0.4, 0.5) is 0 Å². The molecule has 0 radical (unpaired) electrons. The third-order valence-electron chi connectivity index (χ3n) is 17.7. The molecule has 1 aromatic rings. The van der Waals surface area contributed by atoms with Crippen LogP contribution in [0.2, 0.25) is 0 Å². The SMILES string of the molecule is C=C(C)[C@@H]1CC[C@]2(NCCN3CCN(S(=O)(=O)N(CC)CC)CC3)CC[C@]3(C)[C@H](CC[C@@H]4[C@@]5(C)CC=C(c6ccc(C(=O)O)cc6)C(C)(C)[C@@H]5CC[C@]43C)[C@@H]12. The van der Waals surface area contributed by atoms with Crippen LogP contribution in [0.5, 0.6) is 0 Å². The largest absolute Gasteiger partial charge is 0.478 e. The van der Waals surface area contributed by atoms with E-state index >= 15 is 0 Å². The second-order valence-electron chi connectivity index (χ2n) is 20.0. The van der Waals surface area contributed by atoms with Crippen LogP contribution in [0.1, 0.15) is 129 Å². The topological polar surface area (TPSA) is 93.2 Å². The van der Waals surface area contributed by atoms with E-state index < -0.39 is 16.2 Å². The molecule has 0 aromatic heterocycles. The molecule has 4 saturated carbocycles. The van der Waals surface area contributed by atoms with Crippen molar-refractivity contribution in [2.45, 2.75) is 119 Å². The molecule has 7 rings (SSSR count). The van der Waals surface area contributed by atoms with E-state index in [1.54, 1.807) is 20.7 Å².